The first-order valence-corrected chi connectivity index (χ1v) is 6.97. The van der Waals surface area contributed by atoms with Gasteiger partial charge in [-0.15, -0.1) is 0 Å². The molecule has 3 unspecified atom stereocenters. The zero-order valence-corrected chi connectivity index (χ0v) is 11.5. The van der Waals surface area contributed by atoms with Crippen LogP contribution in [0.25, 0.3) is 0 Å². The molecule has 108 valence electrons. The summed E-state index contributed by atoms with van der Waals surface area (Å²) in [6.07, 6.45) is 1.32. The molecule has 1 aromatic carbocycles. The van der Waals surface area contributed by atoms with Gasteiger partial charge in [0.1, 0.15) is 11.9 Å². The van der Waals surface area contributed by atoms with Crippen molar-refractivity contribution in [1.29, 1.82) is 0 Å². The van der Waals surface area contributed by atoms with Crippen LogP contribution < -0.4 is 4.74 Å². The number of benzene rings is 1. The minimum absolute atomic E-state index is 0.00616. The van der Waals surface area contributed by atoms with E-state index in [1.165, 1.54) is 0 Å². The number of hydrogen-bond acceptors (Lipinski definition) is 4. The van der Waals surface area contributed by atoms with Crippen LogP contribution in [0.15, 0.2) is 24.3 Å². The van der Waals surface area contributed by atoms with E-state index in [2.05, 4.69) is 0 Å². The number of aliphatic hydroxyl groups excluding tert-OH is 1. The average molecular weight is 277 g/mol. The van der Waals surface area contributed by atoms with Crippen molar-refractivity contribution in [2.24, 2.45) is 0 Å². The number of carbonyl (C=O) groups excluding carboxylic acids is 1. The number of rotatable bonds is 3. The number of carbonyl (C=O) groups is 1. The number of ether oxygens (including phenoxy) is 2. The Morgan fingerprint density at radius 1 is 1.35 bits per heavy atom. The highest BCUT2D eigenvalue weighted by atomic mass is 16.6. The molecular weight excluding hydrogens is 258 g/mol. The largest absolute Gasteiger partial charge is 0.497 e. The van der Waals surface area contributed by atoms with E-state index in [1.807, 2.05) is 24.3 Å². The molecule has 2 fully saturated rings. The summed E-state index contributed by atoms with van der Waals surface area (Å²) in [5.41, 5.74) is 1.03. The second kappa shape index (κ2) is 5.32. The van der Waals surface area contributed by atoms with Crippen molar-refractivity contribution in [2.75, 3.05) is 7.11 Å². The minimum atomic E-state index is -0.529. The monoisotopic (exact) mass is 277 g/mol. The van der Waals surface area contributed by atoms with Gasteiger partial charge in [-0.1, -0.05) is 12.1 Å². The third-order valence-corrected chi connectivity index (χ3v) is 4.14. The molecular formula is C15H19NO4. The van der Waals surface area contributed by atoms with Crippen molar-refractivity contribution >= 4 is 6.09 Å². The van der Waals surface area contributed by atoms with Gasteiger partial charge < -0.3 is 14.6 Å². The normalized spacial score (nSPS) is 29.0. The van der Waals surface area contributed by atoms with Crippen molar-refractivity contribution in [1.82, 2.24) is 4.90 Å². The molecule has 0 bridgehead atoms. The molecule has 0 spiro atoms. The molecule has 1 N–H and O–H groups in total. The summed E-state index contributed by atoms with van der Waals surface area (Å²) in [4.78, 5) is 13.7. The van der Waals surface area contributed by atoms with Gasteiger partial charge >= 0.3 is 6.09 Å². The van der Waals surface area contributed by atoms with Crippen LogP contribution in [0, 0.1) is 0 Å². The summed E-state index contributed by atoms with van der Waals surface area (Å²) >= 11 is 0. The molecule has 1 aliphatic carbocycles. The molecule has 1 saturated heterocycles. The Balaban J connectivity index is 1.74. The summed E-state index contributed by atoms with van der Waals surface area (Å²) in [6, 6.07) is 7.64. The summed E-state index contributed by atoms with van der Waals surface area (Å²) in [5.74, 6) is 0.795. The number of aliphatic hydroxyl groups is 1. The number of hydrogen-bond donors (Lipinski definition) is 1. The Morgan fingerprint density at radius 3 is 2.80 bits per heavy atom. The molecule has 0 radical (unpaired) electrons. The Bertz CT molecular complexity index is 487. The van der Waals surface area contributed by atoms with E-state index in [1.54, 1.807) is 12.0 Å². The number of methoxy groups -OCH3 is 1. The standard InChI is InChI=1S/C15H19NO4/c1-19-11-7-5-10(6-8-11)9-16-12-3-2-4-13(17)14(12)20-15(16)18/h5-8,12-14,17H,2-4,9H2,1H3. The van der Waals surface area contributed by atoms with E-state index < -0.39 is 6.10 Å². The lowest BCUT2D eigenvalue weighted by Gasteiger charge is -2.31. The SMILES string of the molecule is COc1ccc(CN2C(=O)OC3C(O)CCCC32)cc1. The summed E-state index contributed by atoms with van der Waals surface area (Å²) in [5, 5.41) is 9.93. The Kier molecular flexibility index (Phi) is 3.53. The lowest BCUT2D eigenvalue weighted by Crippen LogP contribution is -2.44. The molecule has 1 heterocycles. The zero-order valence-electron chi connectivity index (χ0n) is 11.5. The fraction of sp³-hybridized carbons (Fsp3) is 0.533. The fourth-order valence-corrected chi connectivity index (χ4v) is 3.04. The summed E-state index contributed by atoms with van der Waals surface area (Å²) in [6.45, 7) is 0.511. The highest BCUT2D eigenvalue weighted by molar-refractivity contribution is 5.71. The van der Waals surface area contributed by atoms with E-state index in [-0.39, 0.29) is 18.2 Å². The number of fused-ring (bicyclic) bond motifs is 1. The zero-order chi connectivity index (χ0) is 14.1. The van der Waals surface area contributed by atoms with Gasteiger partial charge in [0.05, 0.1) is 19.3 Å². The van der Waals surface area contributed by atoms with E-state index in [0.717, 1.165) is 24.2 Å². The van der Waals surface area contributed by atoms with Crippen LogP contribution in [-0.2, 0) is 11.3 Å². The maximum Gasteiger partial charge on any atom is 0.410 e. The van der Waals surface area contributed by atoms with E-state index in [4.69, 9.17) is 9.47 Å². The van der Waals surface area contributed by atoms with Gasteiger partial charge in [0, 0.05) is 6.54 Å². The van der Waals surface area contributed by atoms with Crippen molar-refractivity contribution in [3.8, 4) is 5.75 Å². The number of nitrogens with zero attached hydrogens (tertiary/aromatic N) is 1. The Morgan fingerprint density at radius 2 is 2.10 bits per heavy atom. The third kappa shape index (κ3) is 2.33. The molecule has 1 saturated carbocycles. The Hall–Kier alpha value is -1.75. The number of amides is 1. The highest BCUT2D eigenvalue weighted by Gasteiger charge is 2.46. The van der Waals surface area contributed by atoms with Crippen LogP contribution in [0.1, 0.15) is 24.8 Å². The van der Waals surface area contributed by atoms with Gasteiger partial charge in [0.2, 0.25) is 0 Å². The van der Waals surface area contributed by atoms with Crippen molar-refractivity contribution in [3.63, 3.8) is 0 Å². The molecule has 2 aliphatic rings. The molecule has 1 amide bonds. The smallest absolute Gasteiger partial charge is 0.410 e. The Labute approximate surface area is 118 Å². The second-order valence-corrected chi connectivity index (χ2v) is 5.39. The van der Waals surface area contributed by atoms with Crippen LogP contribution in [0.3, 0.4) is 0 Å². The van der Waals surface area contributed by atoms with Crippen molar-refractivity contribution in [2.45, 2.75) is 44.1 Å². The first-order valence-electron chi connectivity index (χ1n) is 6.97. The summed E-state index contributed by atoms with van der Waals surface area (Å²) < 4.78 is 10.4. The molecule has 3 atom stereocenters. The first kappa shape index (κ1) is 13.2. The predicted molar refractivity (Wildman–Crippen MR) is 72.5 cm³/mol. The van der Waals surface area contributed by atoms with Crippen molar-refractivity contribution in [3.05, 3.63) is 29.8 Å². The van der Waals surface area contributed by atoms with Crippen LogP contribution >= 0.6 is 0 Å². The fourth-order valence-electron chi connectivity index (χ4n) is 3.04. The van der Waals surface area contributed by atoms with E-state index >= 15 is 0 Å². The van der Waals surface area contributed by atoms with Gasteiger partial charge in [0.15, 0.2) is 0 Å². The molecule has 0 aromatic heterocycles. The molecule has 1 aliphatic heterocycles. The van der Waals surface area contributed by atoms with Crippen LogP contribution in [0.2, 0.25) is 0 Å². The van der Waals surface area contributed by atoms with Gasteiger partial charge in [-0.25, -0.2) is 4.79 Å². The topological polar surface area (TPSA) is 59.0 Å². The van der Waals surface area contributed by atoms with Crippen LogP contribution in [0.5, 0.6) is 5.75 Å². The van der Waals surface area contributed by atoms with E-state index in [0.29, 0.717) is 13.0 Å². The van der Waals surface area contributed by atoms with Crippen molar-refractivity contribution < 1.29 is 19.4 Å². The average Bonchev–Trinajstić information content (AvgIpc) is 2.78. The highest BCUT2D eigenvalue weighted by Crippen LogP contribution is 2.33. The summed E-state index contributed by atoms with van der Waals surface area (Å²) in [7, 11) is 1.63. The lowest BCUT2D eigenvalue weighted by molar-refractivity contribution is -0.00732. The first-order chi connectivity index (χ1) is 9.69. The predicted octanol–water partition coefficient (Wildman–Crippen LogP) is 1.93. The van der Waals surface area contributed by atoms with Gasteiger partial charge in [-0.3, -0.25) is 4.90 Å². The second-order valence-electron chi connectivity index (χ2n) is 5.39. The molecule has 5 nitrogen and oxygen atoms in total. The van der Waals surface area contributed by atoms with Gasteiger partial charge in [-0.2, -0.15) is 0 Å². The van der Waals surface area contributed by atoms with Gasteiger partial charge in [-0.05, 0) is 37.0 Å². The maximum atomic E-state index is 12.0. The lowest BCUT2D eigenvalue weighted by atomic mass is 9.90. The minimum Gasteiger partial charge on any atom is -0.497 e. The molecule has 3 rings (SSSR count). The maximum absolute atomic E-state index is 12.0. The van der Waals surface area contributed by atoms with Crippen LogP contribution in [0.4, 0.5) is 4.79 Å². The van der Waals surface area contributed by atoms with Gasteiger partial charge in [0.25, 0.3) is 0 Å². The molecule has 5 heteroatoms. The quantitative estimate of drug-likeness (QED) is 0.917. The molecule has 20 heavy (non-hydrogen) atoms. The third-order valence-electron chi connectivity index (χ3n) is 4.14. The van der Waals surface area contributed by atoms with E-state index in [9.17, 15) is 9.90 Å². The molecule has 1 aromatic rings. The van der Waals surface area contributed by atoms with Crippen LogP contribution in [-0.4, -0.2) is 41.5 Å².